The van der Waals surface area contributed by atoms with Crippen LogP contribution in [-0.4, -0.2) is 32.8 Å². The zero-order valence-corrected chi connectivity index (χ0v) is 15.3. The highest BCUT2D eigenvalue weighted by Crippen LogP contribution is 2.41. The molecule has 0 aromatic carbocycles. The summed E-state index contributed by atoms with van der Waals surface area (Å²) < 4.78 is 12.5. The number of aromatic nitrogens is 4. The van der Waals surface area contributed by atoms with E-state index < -0.39 is 5.97 Å². The third kappa shape index (κ3) is 3.24. The first kappa shape index (κ1) is 16.8. The van der Waals surface area contributed by atoms with E-state index >= 15 is 0 Å². The molecule has 0 saturated heterocycles. The normalized spacial score (nSPS) is 13.8. The molecular weight excluding hydrogens is 352 g/mol. The lowest BCUT2D eigenvalue weighted by molar-refractivity contribution is 0.0562. The van der Waals surface area contributed by atoms with Crippen molar-refractivity contribution in [1.29, 1.82) is 0 Å². The van der Waals surface area contributed by atoms with Crippen LogP contribution in [0.4, 0.5) is 0 Å². The number of rotatable bonds is 6. The monoisotopic (exact) mass is 370 g/mol. The lowest BCUT2D eigenvalue weighted by Crippen LogP contribution is -2.00. The fourth-order valence-electron chi connectivity index (χ4n) is 2.78. The highest BCUT2D eigenvalue weighted by Gasteiger charge is 2.30. The molecule has 1 aliphatic carbocycles. The number of methoxy groups -OCH3 is 1. The molecule has 134 valence electrons. The van der Waals surface area contributed by atoms with Crippen LogP contribution < -0.4 is 0 Å². The molecular formula is C18H18N4O3S. The average molecular weight is 370 g/mol. The maximum Gasteiger partial charge on any atom is 0.374 e. The molecule has 0 unspecified atom stereocenters. The van der Waals surface area contributed by atoms with Crippen molar-refractivity contribution >= 4 is 17.7 Å². The average Bonchev–Trinajstić information content (AvgIpc) is 3.31. The molecule has 0 N–H and O–H groups in total. The molecule has 0 bridgehead atoms. The summed E-state index contributed by atoms with van der Waals surface area (Å²) in [6.07, 6.45) is 5.81. The van der Waals surface area contributed by atoms with Gasteiger partial charge in [-0.1, -0.05) is 11.8 Å². The summed E-state index contributed by atoms with van der Waals surface area (Å²) in [5.41, 5.74) is 1.73. The van der Waals surface area contributed by atoms with Gasteiger partial charge in [-0.05, 0) is 38.0 Å². The first-order valence-corrected chi connectivity index (χ1v) is 9.31. The molecule has 4 rings (SSSR count). The number of hydrogen-bond donors (Lipinski definition) is 0. The predicted molar refractivity (Wildman–Crippen MR) is 95.9 cm³/mol. The lowest BCUT2D eigenvalue weighted by Gasteiger charge is -2.08. The molecule has 0 aliphatic heterocycles. The van der Waals surface area contributed by atoms with Crippen LogP contribution in [0.1, 0.15) is 40.8 Å². The van der Waals surface area contributed by atoms with Gasteiger partial charge in [-0.3, -0.25) is 9.55 Å². The van der Waals surface area contributed by atoms with Gasteiger partial charge in [0.25, 0.3) is 0 Å². The zero-order valence-electron chi connectivity index (χ0n) is 14.5. The Morgan fingerprint density at radius 2 is 2.27 bits per heavy atom. The Balaban J connectivity index is 1.56. The predicted octanol–water partition coefficient (Wildman–Crippen LogP) is 3.66. The summed E-state index contributed by atoms with van der Waals surface area (Å²) in [7, 11) is 1.34. The summed E-state index contributed by atoms with van der Waals surface area (Å²) >= 11 is 1.55. The largest absolute Gasteiger partial charge is 0.463 e. The van der Waals surface area contributed by atoms with Crippen LogP contribution in [-0.2, 0) is 10.5 Å². The Bertz CT molecular complexity index is 931. The topological polar surface area (TPSA) is 83.0 Å². The summed E-state index contributed by atoms with van der Waals surface area (Å²) in [6.45, 7) is 1.83. The fourth-order valence-corrected chi connectivity index (χ4v) is 3.67. The van der Waals surface area contributed by atoms with Crippen LogP contribution in [0, 0.1) is 6.92 Å². The van der Waals surface area contributed by atoms with Crippen LogP contribution in [0.15, 0.2) is 40.2 Å². The van der Waals surface area contributed by atoms with Crippen molar-refractivity contribution in [3.8, 4) is 11.4 Å². The summed E-state index contributed by atoms with van der Waals surface area (Å²) in [6, 6.07) is 6.18. The number of furan rings is 1. The molecule has 0 atom stereocenters. The van der Waals surface area contributed by atoms with E-state index in [1.807, 2.05) is 25.1 Å². The number of esters is 1. The van der Waals surface area contributed by atoms with Gasteiger partial charge in [-0.25, -0.2) is 4.79 Å². The molecule has 3 aromatic heterocycles. The van der Waals surface area contributed by atoms with Gasteiger partial charge in [0.05, 0.1) is 12.9 Å². The van der Waals surface area contributed by atoms with E-state index in [-0.39, 0.29) is 5.76 Å². The summed E-state index contributed by atoms with van der Waals surface area (Å²) in [5.74, 6) is 1.91. The van der Waals surface area contributed by atoms with E-state index in [0.717, 1.165) is 34.9 Å². The van der Waals surface area contributed by atoms with Crippen LogP contribution in [0.5, 0.6) is 0 Å². The number of pyridine rings is 1. The van der Waals surface area contributed by atoms with Crippen molar-refractivity contribution in [2.45, 2.75) is 36.7 Å². The highest BCUT2D eigenvalue weighted by molar-refractivity contribution is 7.98. The van der Waals surface area contributed by atoms with Crippen LogP contribution in [0.25, 0.3) is 11.4 Å². The second-order valence-corrected chi connectivity index (χ2v) is 7.10. The highest BCUT2D eigenvalue weighted by atomic mass is 32.2. The van der Waals surface area contributed by atoms with E-state index in [9.17, 15) is 4.79 Å². The van der Waals surface area contributed by atoms with Gasteiger partial charge < -0.3 is 9.15 Å². The number of carbonyl (C=O) groups excluding carboxylic acids is 1. The molecule has 3 aromatic rings. The van der Waals surface area contributed by atoms with Crippen molar-refractivity contribution in [2.24, 2.45) is 0 Å². The minimum absolute atomic E-state index is 0.253. The fraction of sp³-hybridized carbons (Fsp3) is 0.333. The second kappa shape index (κ2) is 6.95. The van der Waals surface area contributed by atoms with E-state index in [2.05, 4.69) is 19.7 Å². The lowest BCUT2D eigenvalue weighted by atomic mass is 10.3. The first-order chi connectivity index (χ1) is 12.7. The molecule has 0 spiro atoms. The number of aryl methyl sites for hydroxylation is 1. The van der Waals surface area contributed by atoms with Crippen molar-refractivity contribution in [3.63, 3.8) is 0 Å². The van der Waals surface area contributed by atoms with Crippen LogP contribution in [0.3, 0.4) is 0 Å². The number of carbonyl (C=O) groups is 1. The Labute approximate surface area is 154 Å². The first-order valence-electron chi connectivity index (χ1n) is 8.33. The van der Waals surface area contributed by atoms with Crippen LogP contribution >= 0.6 is 11.8 Å². The molecule has 0 radical (unpaired) electrons. The maximum absolute atomic E-state index is 11.7. The van der Waals surface area contributed by atoms with Crippen molar-refractivity contribution in [3.05, 3.63) is 47.7 Å². The van der Waals surface area contributed by atoms with Gasteiger partial charge in [0, 0.05) is 29.6 Å². The van der Waals surface area contributed by atoms with Gasteiger partial charge in [0.2, 0.25) is 5.76 Å². The van der Waals surface area contributed by atoms with Crippen LogP contribution in [0.2, 0.25) is 0 Å². The SMILES string of the molecule is COC(=O)c1oc(CSc2nnc(-c3cccnc3)n2C2CC2)cc1C. The number of nitrogens with zero attached hydrogens (tertiary/aromatic N) is 4. The minimum Gasteiger partial charge on any atom is -0.463 e. The standard InChI is InChI=1S/C18H18N4O3S/c1-11-8-14(25-15(11)17(23)24-2)10-26-18-21-20-16(22(18)13-5-6-13)12-4-3-7-19-9-12/h3-4,7-9,13H,5-6,10H2,1-2H3. The van der Waals surface area contributed by atoms with E-state index in [0.29, 0.717) is 17.6 Å². The van der Waals surface area contributed by atoms with Gasteiger partial charge in [0.15, 0.2) is 11.0 Å². The van der Waals surface area contributed by atoms with Gasteiger partial charge in [-0.2, -0.15) is 0 Å². The van der Waals surface area contributed by atoms with E-state index in [1.54, 1.807) is 24.2 Å². The molecule has 0 amide bonds. The molecule has 3 heterocycles. The van der Waals surface area contributed by atoms with Gasteiger partial charge in [-0.15, -0.1) is 10.2 Å². The quantitative estimate of drug-likeness (QED) is 0.484. The van der Waals surface area contributed by atoms with Gasteiger partial charge in [0.1, 0.15) is 5.76 Å². The maximum atomic E-state index is 11.7. The second-order valence-electron chi connectivity index (χ2n) is 6.15. The number of ether oxygens (including phenoxy) is 1. The third-order valence-electron chi connectivity index (χ3n) is 4.18. The molecule has 1 fully saturated rings. The molecule has 1 saturated carbocycles. The Hall–Kier alpha value is -2.61. The zero-order chi connectivity index (χ0) is 18.1. The summed E-state index contributed by atoms with van der Waals surface area (Å²) in [5, 5.41) is 9.58. The Morgan fingerprint density at radius 3 is 2.96 bits per heavy atom. The van der Waals surface area contributed by atoms with Crippen molar-refractivity contribution in [1.82, 2.24) is 19.7 Å². The molecule has 8 heteroatoms. The Kier molecular flexibility index (Phi) is 4.50. The van der Waals surface area contributed by atoms with Crippen molar-refractivity contribution in [2.75, 3.05) is 7.11 Å². The van der Waals surface area contributed by atoms with E-state index in [1.165, 1.54) is 7.11 Å². The van der Waals surface area contributed by atoms with Gasteiger partial charge >= 0.3 is 5.97 Å². The Morgan fingerprint density at radius 1 is 1.42 bits per heavy atom. The number of thioether (sulfide) groups is 1. The van der Waals surface area contributed by atoms with E-state index in [4.69, 9.17) is 9.15 Å². The molecule has 26 heavy (non-hydrogen) atoms. The van der Waals surface area contributed by atoms with Crippen molar-refractivity contribution < 1.29 is 13.9 Å². The molecule has 1 aliphatic rings. The smallest absolute Gasteiger partial charge is 0.374 e. The minimum atomic E-state index is -0.459. The third-order valence-corrected chi connectivity index (χ3v) is 5.14. The summed E-state index contributed by atoms with van der Waals surface area (Å²) in [4.78, 5) is 15.9. The number of hydrogen-bond acceptors (Lipinski definition) is 7. The molecule has 7 nitrogen and oxygen atoms in total.